The molecule has 7 heteroatoms. The number of para-hydroxylation sites is 1. The van der Waals surface area contributed by atoms with Gasteiger partial charge in [0.15, 0.2) is 0 Å². The average Bonchev–Trinajstić information content (AvgIpc) is 2.61. The number of halogens is 3. The third-order valence-corrected chi connectivity index (χ3v) is 4.17. The number of hydrogen-bond acceptors (Lipinski definition) is 3. The van der Waals surface area contributed by atoms with E-state index in [-0.39, 0.29) is 11.3 Å². The molecule has 0 unspecified atom stereocenters. The van der Waals surface area contributed by atoms with Crippen LogP contribution in [0.25, 0.3) is 0 Å². The molecule has 0 aliphatic rings. The summed E-state index contributed by atoms with van der Waals surface area (Å²) in [5.74, 6) is -0.984. The molecule has 0 atom stereocenters. The highest BCUT2D eigenvalue weighted by atomic mass is 35.5. The lowest BCUT2D eigenvalue weighted by molar-refractivity contribution is 0.102. The van der Waals surface area contributed by atoms with Gasteiger partial charge in [-0.3, -0.25) is 9.78 Å². The Morgan fingerprint density at radius 3 is 2.56 bits per heavy atom. The SMILES string of the molecule is O=C(Nc1ccccc1F)c1cncc(Nc2cccc(Cl)c2Cl)c1. The minimum absolute atomic E-state index is 0.101. The van der Waals surface area contributed by atoms with E-state index in [1.807, 2.05) is 0 Å². The Bertz CT molecular complexity index is 934. The van der Waals surface area contributed by atoms with Crippen LogP contribution in [0.4, 0.5) is 21.5 Å². The zero-order valence-corrected chi connectivity index (χ0v) is 14.3. The predicted molar refractivity (Wildman–Crippen MR) is 98.3 cm³/mol. The minimum Gasteiger partial charge on any atom is -0.353 e. The summed E-state index contributed by atoms with van der Waals surface area (Å²) in [4.78, 5) is 16.3. The molecular weight excluding hydrogens is 364 g/mol. The van der Waals surface area contributed by atoms with E-state index in [9.17, 15) is 9.18 Å². The second-order valence-electron chi connectivity index (χ2n) is 5.12. The van der Waals surface area contributed by atoms with Crippen molar-refractivity contribution < 1.29 is 9.18 Å². The Kier molecular flexibility index (Phi) is 5.16. The Balaban J connectivity index is 1.80. The van der Waals surface area contributed by atoms with Gasteiger partial charge < -0.3 is 10.6 Å². The quantitative estimate of drug-likeness (QED) is 0.630. The van der Waals surface area contributed by atoms with E-state index in [0.29, 0.717) is 21.4 Å². The first-order chi connectivity index (χ1) is 12.0. The van der Waals surface area contributed by atoms with Crippen molar-refractivity contribution in [2.24, 2.45) is 0 Å². The fourth-order valence-electron chi connectivity index (χ4n) is 2.15. The van der Waals surface area contributed by atoms with Crippen molar-refractivity contribution in [1.82, 2.24) is 4.98 Å². The number of nitrogens with zero attached hydrogens (tertiary/aromatic N) is 1. The first-order valence-corrected chi connectivity index (χ1v) is 8.02. The monoisotopic (exact) mass is 375 g/mol. The molecule has 0 spiro atoms. The summed E-state index contributed by atoms with van der Waals surface area (Å²) in [5.41, 5.74) is 1.50. The number of pyridine rings is 1. The summed E-state index contributed by atoms with van der Waals surface area (Å²) in [6, 6.07) is 12.7. The van der Waals surface area contributed by atoms with Gasteiger partial charge in [0.2, 0.25) is 0 Å². The summed E-state index contributed by atoms with van der Waals surface area (Å²) < 4.78 is 13.6. The summed E-state index contributed by atoms with van der Waals surface area (Å²) in [6.07, 6.45) is 2.93. The van der Waals surface area contributed by atoms with Crippen LogP contribution < -0.4 is 10.6 Å². The number of carbonyl (C=O) groups is 1. The summed E-state index contributed by atoms with van der Waals surface area (Å²) in [7, 11) is 0. The first kappa shape index (κ1) is 17.2. The van der Waals surface area contributed by atoms with Crippen LogP contribution in [-0.4, -0.2) is 10.9 Å². The highest BCUT2D eigenvalue weighted by molar-refractivity contribution is 6.43. The molecule has 0 radical (unpaired) electrons. The molecule has 1 aromatic heterocycles. The van der Waals surface area contributed by atoms with Gasteiger partial charge in [-0.2, -0.15) is 0 Å². The van der Waals surface area contributed by atoms with Crippen LogP contribution >= 0.6 is 23.2 Å². The maximum atomic E-state index is 13.6. The number of amides is 1. The van der Waals surface area contributed by atoms with E-state index in [0.717, 1.165) is 0 Å². The molecule has 0 aliphatic carbocycles. The smallest absolute Gasteiger partial charge is 0.257 e. The summed E-state index contributed by atoms with van der Waals surface area (Å²) in [5, 5.41) is 6.34. The zero-order chi connectivity index (χ0) is 17.8. The molecule has 0 aliphatic heterocycles. The summed E-state index contributed by atoms with van der Waals surface area (Å²) in [6.45, 7) is 0. The average molecular weight is 376 g/mol. The van der Waals surface area contributed by atoms with E-state index in [1.54, 1.807) is 36.4 Å². The third-order valence-electron chi connectivity index (χ3n) is 3.35. The van der Waals surface area contributed by atoms with Crippen LogP contribution in [0.5, 0.6) is 0 Å². The number of hydrogen-bond donors (Lipinski definition) is 2. The van der Waals surface area contributed by atoms with Gasteiger partial charge in [0.25, 0.3) is 5.91 Å². The van der Waals surface area contributed by atoms with Gasteiger partial charge in [0.1, 0.15) is 5.82 Å². The van der Waals surface area contributed by atoms with E-state index >= 15 is 0 Å². The largest absolute Gasteiger partial charge is 0.353 e. The lowest BCUT2D eigenvalue weighted by Gasteiger charge is -2.11. The second kappa shape index (κ2) is 7.51. The molecule has 0 bridgehead atoms. The Labute approximate surface area is 153 Å². The number of benzene rings is 2. The fraction of sp³-hybridized carbons (Fsp3) is 0. The van der Waals surface area contributed by atoms with Crippen molar-refractivity contribution in [2.75, 3.05) is 10.6 Å². The van der Waals surface area contributed by atoms with Crippen molar-refractivity contribution in [3.63, 3.8) is 0 Å². The molecule has 1 amide bonds. The highest BCUT2D eigenvalue weighted by Crippen LogP contribution is 2.31. The number of aromatic nitrogens is 1. The molecule has 4 nitrogen and oxygen atoms in total. The van der Waals surface area contributed by atoms with Gasteiger partial charge in [-0.15, -0.1) is 0 Å². The van der Waals surface area contributed by atoms with E-state index in [4.69, 9.17) is 23.2 Å². The normalized spacial score (nSPS) is 10.4. The Morgan fingerprint density at radius 2 is 1.76 bits per heavy atom. The van der Waals surface area contributed by atoms with Crippen LogP contribution in [-0.2, 0) is 0 Å². The van der Waals surface area contributed by atoms with Crippen LogP contribution in [0.15, 0.2) is 60.9 Å². The first-order valence-electron chi connectivity index (χ1n) is 7.26. The topological polar surface area (TPSA) is 54.0 Å². The van der Waals surface area contributed by atoms with Crippen LogP contribution in [0, 0.1) is 5.82 Å². The predicted octanol–water partition coefficient (Wildman–Crippen LogP) is 5.52. The number of anilines is 3. The molecule has 3 aromatic rings. The highest BCUT2D eigenvalue weighted by Gasteiger charge is 2.11. The maximum Gasteiger partial charge on any atom is 0.257 e. The van der Waals surface area contributed by atoms with Gasteiger partial charge in [0.05, 0.1) is 38.9 Å². The Morgan fingerprint density at radius 1 is 1.00 bits per heavy atom. The molecule has 0 fully saturated rings. The molecular formula is C18H12Cl2FN3O. The molecule has 2 aromatic carbocycles. The van der Waals surface area contributed by atoms with Crippen molar-refractivity contribution in [3.05, 3.63) is 82.4 Å². The van der Waals surface area contributed by atoms with Gasteiger partial charge in [-0.1, -0.05) is 41.4 Å². The van der Waals surface area contributed by atoms with Gasteiger partial charge >= 0.3 is 0 Å². The number of carbonyl (C=O) groups excluding carboxylic acids is 1. The molecule has 126 valence electrons. The zero-order valence-electron chi connectivity index (χ0n) is 12.8. The van der Waals surface area contributed by atoms with Crippen molar-refractivity contribution in [3.8, 4) is 0 Å². The lowest BCUT2D eigenvalue weighted by atomic mass is 10.2. The molecule has 0 saturated carbocycles. The van der Waals surface area contributed by atoms with Gasteiger partial charge in [-0.25, -0.2) is 4.39 Å². The minimum atomic E-state index is -0.510. The van der Waals surface area contributed by atoms with Crippen molar-refractivity contribution in [1.29, 1.82) is 0 Å². The maximum absolute atomic E-state index is 13.6. The molecule has 2 N–H and O–H groups in total. The molecule has 3 rings (SSSR count). The van der Waals surface area contributed by atoms with Crippen LogP contribution in [0.1, 0.15) is 10.4 Å². The van der Waals surface area contributed by atoms with Crippen molar-refractivity contribution in [2.45, 2.75) is 0 Å². The lowest BCUT2D eigenvalue weighted by Crippen LogP contribution is -2.13. The second-order valence-corrected chi connectivity index (χ2v) is 5.91. The van der Waals surface area contributed by atoms with Gasteiger partial charge in [-0.05, 0) is 30.3 Å². The summed E-state index contributed by atoms with van der Waals surface area (Å²) >= 11 is 12.1. The molecule has 0 saturated heterocycles. The van der Waals surface area contributed by atoms with Crippen molar-refractivity contribution >= 4 is 46.2 Å². The molecule has 1 heterocycles. The standard InChI is InChI=1S/C18H12Cl2FN3O/c19-13-4-3-7-16(17(13)20)23-12-8-11(9-22-10-12)18(25)24-15-6-2-1-5-14(15)21/h1-10,23H,(H,24,25). The van der Waals surface area contributed by atoms with Crippen LogP contribution in [0.3, 0.4) is 0 Å². The van der Waals surface area contributed by atoms with Gasteiger partial charge in [0, 0.05) is 6.20 Å². The van der Waals surface area contributed by atoms with E-state index in [2.05, 4.69) is 15.6 Å². The molecule has 25 heavy (non-hydrogen) atoms. The number of nitrogens with one attached hydrogen (secondary N) is 2. The van der Waals surface area contributed by atoms with E-state index in [1.165, 1.54) is 24.5 Å². The Hall–Kier alpha value is -2.63. The van der Waals surface area contributed by atoms with Crippen LogP contribution in [0.2, 0.25) is 10.0 Å². The third kappa shape index (κ3) is 4.07. The number of rotatable bonds is 4. The van der Waals surface area contributed by atoms with E-state index < -0.39 is 11.7 Å². The fourth-order valence-corrected chi connectivity index (χ4v) is 2.49.